The molecule has 4 heteroatoms. The molecule has 0 N–H and O–H groups in total. The summed E-state index contributed by atoms with van der Waals surface area (Å²) in [7, 11) is 0. The van der Waals surface area contributed by atoms with E-state index in [4.69, 9.17) is 0 Å². The summed E-state index contributed by atoms with van der Waals surface area (Å²) in [6.07, 6.45) is 1.19. The number of hydrogen-bond donors (Lipinski definition) is 0. The van der Waals surface area contributed by atoms with E-state index in [0.29, 0.717) is 6.42 Å². The summed E-state index contributed by atoms with van der Waals surface area (Å²) in [6.45, 7) is -0.227. The van der Waals surface area contributed by atoms with Crippen LogP contribution in [-0.4, -0.2) is 17.3 Å². The lowest BCUT2D eigenvalue weighted by Crippen LogP contribution is -2.30. The molecular formula is C18H17NO3. The minimum atomic E-state index is -0.419. The van der Waals surface area contributed by atoms with E-state index in [1.165, 1.54) is 0 Å². The third-order valence-corrected chi connectivity index (χ3v) is 4.35. The number of rotatable bonds is 4. The number of nitro groups is 1. The second-order valence-electron chi connectivity index (χ2n) is 5.68. The van der Waals surface area contributed by atoms with Crippen molar-refractivity contribution in [2.24, 2.45) is 0 Å². The van der Waals surface area contributed by atoms with Crippen molar-refractivity contribution in [3.63, 3.8) is 0 Å². The lowest BCUT2D eigenvalue weighted by molar-refractivity contribution is -0.483. The third-order valence-electron chi connectivity index (χ3n) is 4.35. The second-order valence-corrected chi connectivity index (χ2v) is 5.68. The highest BCUT2D eigenvalue weighted by molar-refractivity contribution is 5.89. The van der Waals surface area contributed by atoms with Crippen LogP contribution in [0.5, 0.6) is 0 Å². The summed E-state index contributed by atoms with van der Waals surface area (Å²) in [4.78, 5) is 23.4. The van der Waals surface area contributed by atoms with Gasteiger partial charge in [0.05, 0.1) is 11.8 Å². The fraction of sp³-hybridized carbons (Fsp3) is 0.278. The van der Waals surface area contributed by atoms with Gasteiger partial charge >= 0.3 is 0 Å². The van der Waals surface area contributed by atoms with Crippen molar-refractivity contribution in [1.29, 1.82) is 0 Å². The predicted octanol–water partition coefficient (Wildman–Crippen LogP) is 3.35. The van der Waals surface area contributed by atoms with Crippen LogP contribution in [0.1, 0.15) is 34.9 Å². The van der Waals surface area contributed by atoms with E-state index >= 15 is 0 Å². The fourth-order valence-corrected chi connectivity index (χ4v) is 3.36. The van der Waals surface area contributed by atoms with Crippen molar-refractivity contribution in [2.75, 3.05) is 6.54 Å². The zero-order valence-electron chi connectivity index (χ0n) is 12.1. The number of aryl methyl sites for hydroxylation is 1. The molecule has 2 atom stereocenters. The van der Waals surface area contributed by atoms with Crippen LogP contribution in [0.3, 0.4) is 0 Å². The van der Waals surface area contributed by atoms with Gasteiger partial charge in [0, 0.05) is 11.3 Å². The van der Waals surface area contributed by atoms with E-state index in [1.54, 1.807) is 0 Å². The van der Waals surface area contributed by atoms with Gasteiger partial charge in [-0.2, -0.15) is 0 Å². The van der Waals surface area contributed by atoms with Crippen molar-refractivity contribution in [3.8, 4) is 0 Å². The predicted molar refractivity (Wildman–Crippen MR) is 83.6 cm³/mol. The highest BCUT2D eigenvalue weighted by Crippen LogP contribution is 2.39. The molecule has 1 aliphatic rings. The Balaban J connectivity index is 2.07. The van der Waals surface area contributed by atoms with Crippen molar-refractivity contribution in [2.45, 2.75) is 24.7 Å². The van der Waals surface area contributed by atoms with E-state index in [2.05, 4.69) is 0 Å². The first-order chi connectivity index (χ1) is 10.7. The van der Waals surface area contributed by atoms with Gasteiger partial charge in [-0.05, 0) is 23.1 Å². The van der Waals surface area contributed by atoms with Gasteiger partial charge in [-0.1, -0.05) is 54.6 Å². The summed E-state index contributed by atoms with van der Waals surface area (Å²) in [6, 6.07) is 17.2. The van der Waals surface area contributed by atoms with Crippen molar-refractivity contribution in [3.05, 3.63) is 81.4 Å². The van der Waals surface area contributed by atoms with Crippen LogP contribution in [0.25, 0.3) is 0 Å². The van der Waals surface area contributed by atoms with Crippen LogP contribution < -0.4 is 0 Å². The molecule has 0 saturated carbocycles. The van der Waals surface area contributed by atoms with Crippen LogP contribution in [0, 0.1) is 10.1 Å². The van der Waals surface area contributed by atoms with Crippen LogP contribution in [-0.2, 0) is 11.2 Å². The monoisotopic (exact) mass is 295 g/mol. The Morgan fingerprint density at radius 3 is 2.45 bits per heavy atom. The standard InChI is InChI=1S/C18H17NO3/c20-17-11-10-14-8-4-5-9-15(14)18(17)16(12-19(21)22)13-6-2-1-3-7-13/h1-9,16,18H,10-12H2. The number of Topliss-reactive ketones (excluding diaryl/α,β-unsaturated/α-hetero) is 1. The molecule has 2 aromatic rings. The SMILES string of the molecule is O=C1CCc2ccccc2C1C(C[N+](=O)[O-])c1ccccc1. The molecule has 0 amide bonds. The Morgan fingerprint density at radius 1 is 1.05 bits per heavy atom. The Bertz CT molecular complexity index is 696. The van der Waals surface area contributed by atoms with Crippen LogP contribution in [0.15, 0.2) is 54.6 Å². The molecule has 22 heavy (non-hydrogen) atoms. The van der Waals surface area contributed by atoms with Gasteiger partial charge < -0.3 is 0 Å². The Hall–Kier alpha value is -2.49. The average Bonchev–Trinajstić information content (AvgIpc) is 2.54. The first kappa shape index (κ1) is 14.4. The van der Waals surface area contributed by atoms with Crippen LogP contribution in [0.2, 0.25) is 0 Å². The van der Waals surface area contributed by atoms with Gasteiger partial charge in [-0.15, -0.1) is 0 Å². The molecule has 112 valence electrons. The molecule has 0 saturated heterocycles. The van der Waals surface area contributed by atoms with Crippen molar-refractivity contribution >= 4 is 5.78 Å². The maximum absolute atomic E-state index is 12.5. The minimum Gasteiger partial charge on any atom is -0.299 e. The lowest BCUT2D eigenvalue weighted by Gasteiger charge is -2.29. The molecule has 0 spiro atoms. The smallest absolute Gasteiger partial charge is 0.211 e. The first-order valence-corrected chi connectivity index (χ1v) is 7.44. The van der Waals surface area contributed by atoms with E-state index in [0.717, 1.165) is 23.1 Å². The van der Waals surface area contributed by atoms with Gasteiger partial charge in [0.1, 0.15) is 5.78 Å². The average molecular weight is 295 g/mol. The topological polar surface area (TPSA) is 60.2 Å². The molecule has 2 aromatic carbocycles. The Kier molecular flexibility index (Phi) is 4.00. The normalized spacial score (nSPS) is 18.5. The van der Waals surface area contributed by atoms with Crippen LogP contribution in [0.4, 0.5) is 0 Å². The van der Waals surface area contributed by atoms with Gasteiger partial charge in [0.2, 0.25) is 6.54 Å². The molecule has 0 aromatic heterocycles. The van der Waals surface area contributed by atoms with E-state index in [9.17, 15) is 14.9 Å². The highest BCUT2D eigenvalue weighted by Gasteiger charge is 2.37. The van der Waals surface area contributed by atoms with Crippen molar-refractivity contribution in [1.82, 2.24) is 0 Å². The summed E-state index contributed by atoms with van der Waals surface area (Å²) in [5, 5.41) is 11.1. The molecule has 0 heterocycles. The number of fused-ring (bicyclic) bond motifs is 1. The maximum atomic E-state index is 12.5. The second kappa shape index (κ2) is 6.10. The summed E-state index contributed by atoms with van der Waals surface area (Å²) in [5.41, 5.74) is 2.94. The van der Waals surface area contributed by atoms with Gasteiger partial charge in [0.25, 0.3) is 0 Å². The third kappa shape index (κ3) is 2.77. The molecule has 4 nitrogen and oxygen atoms in total. The zero-order chi connectivity index (χ0) is 15.5. The first-order valence-electron chi connectivity index (χ1n) is 7.44. The molecule has 3 rings (SSSR count). The maximum Gasteiger partial charge on any atom is 0.211 e. The Labute approximate surface area is 128 Å². The fourth-order valence-electron chi connectivity index (χ4n) is 3.36. The number of nitrogens with zero attached hydrogens (tertiary/aromatic N) is 1. The van der Waals surface area contributed by atoms with Gasteiger partial charge in [0.15, 0.2) is 0 Å². The number of ketones is 1. The minimum absolute atomic E-state index is 0.106. The number of hydrogen-bond acceptors (Lipinski definition) is 3. The van der Waals surface area contributed by atoms with E-state index in [-0.39, 0.29) is 17.3 Å². The summed E-state index contributed by atoms with van der Waals surface area (Å²) in [5.74, 6) is -0.725. The molecule has 1 aliphatic carbocycles. The summed E-state index contributed by atoms with van der Waals surface area (Å²) >= 11 is 0. The quantitative estimate of drug-likeness (QED) is 0.642. The molecular weight excluding hydrogens is 278 g/mol. The number of benzene rings is 2. The molecule has 0 radical (unpaired) electrons. The van der Waals surface area contributed by atoms with Crippen LogP contribution >= 0.6 is 0 Å². The van der Waals surface area contributed by atoms with Crippen molar-refractivity contribution < 1.29 is 9.72 Å². The molecule has 2 unspecified atom stereocenters. The summed E-state index contributed by atoms with van der Waals surface area (Å²) < 4.78 is 0. The lowest BCUT2D eigenvalue weighted by atomic mass is 9.72. The zero-order valence-corrected chi connectivity index (χ0v) is 12.1. The Morgan fingerprint density at radius 2 is 1.73 bits per heavy atom. The largest absolute Gasteiger partial charge is 0.299 e. The number of carbonyl (C=O) groups is 1. The van der Waals surface area contributed by atoms with Gasteiger partial charge in [-0.3, -0.25) is 14.9 Å². The number of carbonyl (C=O) groups excluding carboxylic acids is 1. The van der Waals surface area contributed by atoms with E-state index in [1.807, 2.05) is 54.6 Å². The van der Waals surface area contributed by atoms with Gasteiger partial charge in [-0.25, -0.2) is 0 Å². The molecule has 0 aliphatic heterocycles. The highest BCUT2D eigenvalue weighted by atomic mass is 16.6. The molecule has 0 fully saturated rings. The van der Waals surface area contributed by atoms with E-state index < -0.39 is 11.8 Å². The molecule has 0 bridgehead atoms.